The predicted octanol–water partition coefficient (Wildman–Crippen LogP) is 0.663. The number of Topliss-reactive ketones (excluding diaryl/α,β-unsaturated/α-hetero) is 1. The molecular formula is C15H18N2O5. The smallest absolute Gasteiger partial charge is 0.248 e. The van der Waals surface area contributed by atoms with Gasteiger partial charge in [-0.1, -0.05) is 0 Å². The Hall–Kier alpha value is -2.12. The van der Waals surface area contributed by atoms with Crippen molar-refractivity contribution < 1.29 is 24.5 Å². The van der Waals surface area contributed by atoms with Crippen molar-refractivity contribution in [2.75, 3.05) is 14.2 Å². The second kappa shape index (κ2) is 4.96. The van der Waals surface area contributed by atoms with Crippen molar-refractivity contribution in [3.05, 3.63) is 34.0 Å². The lowest BCUT2D eigenvalue weighted by Crippen LogP contribution is -2.31. The molecule has 1 aliphatic carbocycles. The van der Waals surface area contributed by atoms with Crippen molar-refractivity contribution in [2.45, 2.75) is 32.1 Å². The molecule has 22 heavy (non-hydrogen) atoms. The van der Waals surface area contributed by atoms with Gasteiger partial charge in [0.1, 0.15) is 17.5 Å². The lowest BCUT2D eigenvalue weighted by atomic mass is 9.94. The maximum absolute atomic E-state index is 12.7. The zero-order valence-corrected chi connectivity index (χ0v) is 12.6. The van der Waals surface area contributed by atoms with Crippen molar-refractivity contribution in [1.82, 2.24) is 4.57 Å². The standard InChI is InChI=1S/C15H18N2O5/c1-6-8-9(16)14(21-2)15(22-3)13(20)11(8)17-5-4-7(18)12(19)10(6)17/h7,12,16,18-19H,4-5H2,1-3H3/t7-,12-/m0/s1. The summed E-state index contributed by atoms with van der Waals surface area (Å²) in [5.41, 5.74) is 1.90. The number of allylic oxidation sites excluding steroid dienone is 2. The minimum atomic E-state index is -1.07. The minimum Gasteiger partial charge on any atom is -0.491 e. The van der Waals surface area contributed by atoms with Crippen LogP contribution < -0.4 is 0 Å². The maximum Gasteiger partial charge on any atom is 0.248 e. The summed E-state index contributed by atoms with van der Waals surface area (Å²) in [7, 11) is 2.74. The van der Waals surface area contributed by atoms with Gasteiger partial charge in [-0.05, 0) is 18.9 Å². The van der Waals surface area contributed by atoms with Gasteiger partial charge in [-0.25, -0.2) is 0 Å². The van der Waals surface area contributed by atoms with Crippen LogP contribution in [0.25, 0.3) is 0 Å². The molecule has 118 valence electrons. The Bertz CT molecular complexity index is 716. The first kappa shape index (κ1) is 14.8. The van der Waals surface area contributed by atoms with Crippen LogP contribution in [0, 0.1) is 12.3 Å². The number of carbonyl (C=O) groups is 1. The van der Waals surface area contributed by atoms with Gasteiger partial charge in [-0.3, -0.25) is 10.2 Å². The second-order valence-electron chi connectivity index (χ2n) is 5.46. The van der Waals surface area contributed by atoms with E-state index in [4.69, 9.17) is 14.9 Å². The normalized spacial score (nSPS) is 24.2. The summed E-state index contributed by atoms with van der Waals surface area (Å²) in [6.07, 6.45) is -1.60. The Morgan fingerprint density at radius 1 is 1.23 bits per heavy atom. The Kier molecular flexibility index (Phi) is 3.34. The monoisotopic (exact) mass is 306 g/mol. The molecule has 1 aliphatic heterocycles. The van der Waals surface area contributed by atoms with Gasteiger partial charge in [0.05, 0.1) is 26.0 Å². The summed E-state index contributed by atoms with van der Waals surface area (Å²) in [5.74, 6) is -0.301. The average molecular weight is 306 g/mol. The molecule has 0 saturated carbocycles. The van der Waals surface area contributed by atoms with E-state index in [1.54, 1.807) is 11.5 Å². The number of methoxy groups -OCH3 is 2. The lowest BCUT2D eigenvalue weighted by molar-refractivity contribution is -0.00679. The van der Waals surface area contributed by atoms with Crippen molar-refractivity contribution in [3.63, 3.8) is 0 Å². The molecule has 2 heterocycles. The molecule has 2 aliphatic rings. The Morgan fingerprint density at radius 2 is 1.86 bits per heavy atom. The third-order valence-electron chi connectivity index (χ3n) is 4.36. The summed E-state index contributed by atoms with van der Waals surface area (Å²) in [6.45, 7) is 2.14. The SMILES string of the molecule is COC1=C(OC)C(=O)c2c(c(C)c3n2CC[C@H](O)[C@@H]3O)C1=N. The molecule has 0 radical (unpaired) electrons. The molecule has 0 bridgehead atoms. The van der Waals surface area contributed by atoms with E-state index >= 15 is 0 Å². The molecular weight excluding hydrogens is 288 g/mol. The first-order valence-electron chi connectivity index (χ1n) is 6.99. The summed E-state index contributed by atoms with van der Waals surface area (Å²) >= 11 is 0. The quantitative estimate of drug-likeness (QED) is 0.744. The highest BCUT2D eigenvalue weighted by Gasteiger charge is 2.41. The van der Waals surface area contributed by atoms with Gasteiger partial charge < -0.3 is 24.3 Å². The topological polar surface area (TPSA) is 105 Å². The van der Waals surface area contributed by atoms with E-state index in [1.165, 1.54) is 14.2 Å². The fourth-order valence-corrected chi connectivity index (χ4v) is 3.34. The van der Waals surface area contributed by atoms with Crippen LogP contribution in [-0.4, -0.2) is 46.6 Å². The average Bonchev–Trinajstić information content (AvgIpc) is 2.80. The van der Waals surface area contributed by atoms with Crippen LogP contribution in [0.4, 0.5) is 0 Å². The number of aliphatic hydroxyl groups is 2. The fourth-order valence-electron chi connectivity index (χ4n) is 3.34. The van der Waals surface area contributed by atoms with E-state index in [0.717, 1.165) is 0 Å². The van der Waals surface area contributed by atoms with E-state index in [1.807, 2.05) is 0 Å². The molecule has 7 nitrogen and oxygen atoms in total. The van der Waals surface area contributed by atoms with Gasteiger partial charge >= 0.3 is 0 Å². The molecule has 3 rings (SSSR count). The number of aromatic nitrogens is 1. The molecule has 0 aromatic carbocycles. The molecule has 2 atom stereocenters. The van der Waals surface area contributed by atoms with E-state index in [0.29, 0.717) is 35.5 Å². The highest BCUT2D eigenvalue weighted by atomic mass is 16.5. The largest absolute Gasteiger partial charge is 0.491 e. The lowest BCUT2D eigenvalue weighted by Gasteiger charge is -2.28. The highest BCUT2D eigenvalue weighted by molar-refractivity contribution is 6.26. The molecule has 0 amide bonds. The summed E-state index contributed by atoms with van der Waals surface area (Å²) in [4.78, 5) is 12.7. The molecule has 0 spiro atoms. The van der Waals surface area contributed by atoms with Crippen molar-refractivity contribution in [3.8, 4) is 0 Å². The molecule has 0 fully saturated rings. The van der Waals surface area contributed by atoms with E-state index in [9.17, 15) is 15.0 Å². The molecule has 0 saturated heterocycles. The first-order chi connectivity index (χ1) is 10.4. The zero-order valence-electron chi connectivity index (χ0n) is 12.6. The molecule has 7 heteroatoms. The fraction of sp³-hybridized carbons (Fsp3) is 0.467. The van der Waals surface area contributed by atoms with E-state index in [-0.39, 0.29) is 23.0 Å². The van der Waals surface area contributed by atoms with Crippen molar-refractivity contribution in [1.29, 1.82) is 5.41 Å². The third kappa shape index (κ3) is 1.69. The van der Waals surface area contributed by atoms with Gasteiger partial charge in [0.15, 0.2) is 5.76 Å². The van der Waals surface area contributed by atoms with Crippen LogP contribution in [0.15, 0.2) is 11.5 Å². The Morgan fingerprint density at radius 3 is 2.45 bits per heavy atom. The van der Waals surface area contributed by atoms with Crippen LogP contribution >= 0.6 is 0 Å². The summed E-state index contributed by atoms with van der Waals surface area (Å²) < 4.78 is 12.0. The summed E-state index contributed by atoms with van der Waals surface area (Å²) in [5, 5.41) is 28.4. The minimum absolute atomic E-state index is 0.0130. The molecule has 1 aromatic rings. The van der Waals surface area contributed by atoms with Crippen molar-refractivity contribution >= 4 is 11.5 Å². The first-order valence-corrected chi connectivity index (χ1v) is 6.99. The number of rotatable bonds is 2. The van der Waals surface area contributed by atoms with Crippen LogP contribution in [0.5, 0.6) is 0 Å². The summed E-state index contributed by atoms with van der Waals surface area (Å²) in [6, 6.07) is 0. The highest BCUT2D eigenvalue weighted by Crippen LogP contribution is 2.38. The number of carbonyl (C=O) groups excluding carboxylic acids is 1. The van der Waals surface area contributed by atoms with Crippen LogP contribution in [0.3, 0.4) is 0 Å². The third-order valence-corrected chi connectivity index (χ3v) is 4.36. The Labute approximate surface area is 127 Å². The number of ketones is 1. The number of nitrogens with zero attached hydrogens (tertiary/aromatic N) is 1. The zero-order chi connectivity index (χ0) is 16.2. The van der Waals surface area contributed by atoms with Crippen LogP contribution in [0.2, 0.25) is 0 Å². The van der Waals surface area contributed by atoms with Gasteiger partial charge in [0.2, 0.25) is 11.5 Å². The number of fused-ring (bicyclic) bond motifs is 3. The second-order valence-corrected chi connectivity index (χ2v) is 5.46. The van der Waals surface area contributed by atoms with E-state index < -0.39 is 12.2 Å². The van der Waals surface area contributed by atoms with Gasteiger partial charge in [0, 0.05) is 12.1 Å². The number of aliphatic hydroxyl groups excluding tert-OH is 2. The molecule has 0 unspecified atom stereocenters. The number of hydrogen-bond acceptors (Lipinski definition) is 6. The number of hydrogen-bond donors (Lipinski definition) is 3. The number of ether oxygens (including phenoxy) is 2. The van der Waals surface area contributed by atoms with Gasteiger partial charge in [0.25, 0.3) is 0 Å². The Balaban J connectivity index is 2.29. The van der Waals surface area contributed by atoms with Crippen LogP contribution in [0.1, 0.15) is 39.8 Å². The predicted molar refractivity (Wildman–Crippen MR) is 77.0 cm³/mol. The molecule has 3 N–H and O–H groups in total. The van der Waals surface area contributed by atoms with Gasteiger partial charge in [-0.2, -0.15) is 0 Å². The maximum atomic E-state index is 12.7. The van der Waals surface area contributed by atoms with Crippen LogP contribution in [-0.2, 0) is 16.0 Å². The van der Waals surface area contributed by atoms with Gasteiger partial charge in [-0.15, -0.1) is 0 Å². The van der Waals surface area contributed by atoms with Crippen molar-refractivity contribution in [2.24, 2.45) is 0 Å². The molecule has 1 aromatic heterocycles. The number of nitrogens with one attached hydrogen (secondary N) is 1. The van der Waals surface area contributed by atoms with E-state index in [2.05, 4.69) is 0 Å².